The fourth-order valence-electron chi connectivity index (χ4n) is 2.32. The molecule has 96 valence electrons. The van der Waals surface area contributed by atoms with Gasteiger partial charge >= 0.3 is 0 Å². The molecule has 0 saturated heterocycles. The lowest BCUT2D eigenvalue weighted by molar-refractivity contribution is 0.490. The van der Waals surface area contributed by atoms with E-state index < -0.39 is 0 Å². The zero-order chi connectivity index (χ0) is 13.4. The van der Waals surface area contributed by atoms with Gasteiger partial charge in [0.25, 0.3) is 0 Å². The maximum Gasteiger partial charge on any atom is 0.131 e. The van der Waals surface area contributed by atoms with Crippen molar-refractivity contribution in [3.63, 3.8) is 0 Å². The van der Waals surface area contributed by atoms with Crippen molar-refractivity contribution in [3.05, 3.63) is 70.3 Å². The second kappa shape index (κ2) is 4.75. The molecule has 0 bridgehead atoms. The number of aryl methyl sites for hydroxylation is 1. The van der Waals surface area contributed by atoms with Crippen LogP contribution in [0.5, 0.6) is 5.75 Å². The molecule has 0 amide bonds. The fraction of sp³-hybridized carbons (Fsp3) is 0.176. The van der Waals surface area contributed by atoms with E-state index in [1.807, 2.05) is 43.3 Å². The number of hydrogen-bond donors (Lipinski definition) is 0. The Morgan fingerprint density at radius 2 is 1.89 bits per heavy atom. The van der Waals surface area contributed by atoms with Crippen LogP contribution in [0.25, 0.3) is 5.76 Å². The highest BCUT2D eigenvalue weighted by Gasteiger charge is 2.19. The Balaban J connectivity index is 2.02. The molecule has 2 aromatic rings. The summed E-state index contributed by atoms with van der Waals surface area (Å²) < 4.78 is 5.99. The van der Waals surface area contributed by atoms with Crippen LogP contribution in [0.3, 0.4) is 0 Å². The zero-order valence-electron chi connectivity index (χ0n) is 11.0. The molecule has 1 unspecified atom stereocenters. The van der Waals surface area contributed by atoms with Crippen LogP contribution in [0.1, 0.15) is 29.5 Å². The predicted molar refractivity (Wildman–Crippen MR) is 79.7 cm³/mol. The first kappa shape index (κ1) is 12.3. The highest BCUT2D eigenvalue weighted by Crippen LogP contribution is 2.37. The summed E-state index contributed by atoms with van der Waals surface area (Å²) in [4.78, 5) is 0. The molecule has 3 rings (SSSR count). The van der Waals surface area contributed by atoms with Gasteiger partial charge in [0.15, 0.2) is 0 Å². The van der Waals surface area contributed by atoms with Crippen molar-refractivity contribution in [3.8, 4) is 5.75 Å². The van der Waals surface area contributed by atoms with Gasteiger partial charge < -0.3 is 4.74 Å². The van der Waals surface area contributed by atoms with Gasteiger partial charge in [-0.25, -0.2) is 0 Å². The third kappa shape index (κ3) is 2.26. The van der Waals surface area contributed by atoms with E-state index >= 15 is 0 Å². The van der Waals surface area contributed by atoms with E-state index in [0.717, 1.165) is 27.7 Å². The van der Waals surface area contributed by atoms with E-state index in [2.05, 4.69) is 19.1 Å². The fourth-order valence-corrected chi connectivity index (χ4v) is 2.50. The minimum absolute atomic E-state index is 0.347. The molecule has 1 atom stereocenters. The van der Waals surface area contributed by atoms with Crippen molar-refractivity contribution in [2.24, 2.45) is 0 Å². The van der Waals surface area contributed by atoms with E-state index in [1.165, 1.54) is 5.56 Å². The monoisotopic (exact) mass is 270 g/mol. The number of ether oxygens (including phenoxy) is 1. The van der Waals surface area contributed by atoms with E-state index in [-0.39, 0.29) is 0 Å². The van der Waals surface area contributed by atoms with Crippen molar-refractivity contribution >= 4 is 17.4 Å². The van der Waals surface area contributed by atoms with E-state index in [4.69, 9.17) is 16.3 Å². The third-order valence-corrected chi connectivity index (χ3v) is 3.89. The van der Waals surface area contributed by atoms with E-state index in [0.29, 0.717) is 5.92 Å². The van der Waals surface area contributed by atoms with Gasteiger partial charge in [0.05, 0.1) is 0 Å². The number of fused-ring (bicyclic) bond motifs is 1. The molecule has 1 nitrogen and oxygen atoms in total. The number of benzene rings is 2. The van der Waals surface area contributed by atoms with Crippen LogP contribution in [0.15, 0.2) is 48.5 Å². The standard InChI is InChI=1S/C17H15ClO/c1-11-7-8-13(10-15(11)18)17-9-12(2)14-5-3-4-6-16(14)19-17/h3-10,12H,1-2H3. The van der Waals surface area contributed by atoms with Gasteiger partial charge in [0.2, 0.25) is 0 Å². The SMILES string of the molecule is Cc1ccc(C2=CC(C)c3ccccc3O2)cc1Cl. The number of rotatable bonds is 1. The summed E-state index contributed by atoms with van der Waals surface area (Å²) in [6.07, 6.45) is 2.14. The number of allylic oxidation sites excluding steroid dienone is 1. The molecule has 0 radical (unpaired) electrons. The summed E-state index contributed by atoms with van der Waals surface area (Å²) >= 11 is 6.19. The molecule has 0 aliphatic carbocycles. The lowest BCUT2D eigenvalue weighted by Gasteiger charge is -2.22. The molecule has 0 spiro atoms. The normalized spacial score (nSPS) is 17.4. The Hall–Kier alpha value is -1.73. The Labute approximate surface area is 118 Å². The van der Waals surface area contributed by atoms with Gasteiger partial charge in [-0.15, -0.1) is 0 Å². The third-order valence-electron chi connectivity index (χ3n) is 3.49. The molecule has 2 aromatic carbocycles. The van der Waals surface area contributed by atoms with Crippen LogP contribution >= 0.6 is 11.6 Å². The van der Waals surface area contributed by atoms with Crippen LogP contribution in [0, 0.1) is 6.92 Å². The molecule has 0 saturated carbocycles. The van der Waals surface area contributed by atoms with Crippen LogP contribution < -0.4 is 4.74 Å². The maximum atomic E-state index is 6.19. The highest BCUT2D eigenvalue weighted by atomic mass is 35.5. The summed E-state index contributed by atoms with van der Waals surface area (Å²) in [6, 6.07) is 14.2. The zero-order valence-corrected chi connectivity index (χ0v) is 11.7. The summed E-state index contributed by atoms with van der Waals surface area (Å²) in [7, 11) is 0. The van der Waals surface area contributed by atoms with Crippen LogP contribution in [0.4, 0.5) is 0 Å². The lowest BCUT2D eigenvalue weighted by Crippen LogP contribution is -2.06. The molecule has 0 aromatic heterocycles. The maximum absolute atomic E-state index is 6.19. The average Bonchev–Trinajstić information content (AvgIpc) is 2.42. The van der Waals surface area contributed by atoms with Gasteiger partial charge in [0.1, 0.15) is 11.5 Å². The largest absolute Gasteiger partial charge is 0.457 e. The number of hydrogen-bond acceptors (Lipinski definition) is 1. The van der Waals surface area contributed by atoms with Crippen molar-refractivity contribution in [1.82, 2.24) is 0 Å². The van der Waals surface area contributed by atoms with Crippen molar-refractivity contribution < 1.29 is 4.74 Å². The molecule has 19 heavy (non-hydrogen) atoms. The highest BCUT2D eigenvalue weighted by molar-refractivity contribution is 6.31. The Morgan fingerprint density at radius 1 is 1.11 bits per heavy atom. The Morgan fingerprint density at radius 3 is 2.68 bits per heavy atom. The lowest BCUT2D eigenvalue weighted by atomic mass is 9.95. The second-order valence-electron chi connectivity index (χ2n) is 4.92. The quantitative estimate of drug-likeness (QED) is 0.693. The first-order chi connectivity index (χ1) is 9.15. The topological polar surface area (TPSA) is 9.23 Å². The minimum atomic E-state index is 0.347. The smallest absolute Gasteiger partial charge is 0.131 e. The Kier molecular flexibility index (Phi) is 3.08. The van der Waals surface area contributed by atoms with Crippen molar-refractivity contribution in [2.45, 2.75) is 19.8 Å². The van der Waals surface area contributed by atoms with Crippen LogP contribution in [0.2, 0.25) is 5.02 Å². The predicted octanol–water partition coefficient (Wildman–Crippen LogP) is 5.19. The van der Waals surface area contributed by atoms with Gasteiger partial charge in [0, 0.05) is 22.1 Å². The number of para-hydroxylation sites is 1. The van der Waals surface area contributed by atoms with E-state index in [9.17, 15) is 0 Å². The average molecular weight is 271 g/mol. The molecule has 1 aliphatic heterocycles. The van der Waals surface area contributed by atoms with E-state index in [1.54, 1.807) is 0 Å². The molecular formula is C17H15ClO. The molecule has 1 aliphatic rings. The first-order valence-electron chi connectivity index (χ1n) is 6.40. The summed E-state index contributed by atoms with van der Waals surface area (Å²) in [5.74, 6) is 2.16. The summed E-state index contributed by atoms with van der Waals surface area (Å²) in [5, 5.41) is 0.772. The molecule has 0 fully saturated rings. The first-order valence-corrected chi connectivity index (χ1v) is 6.78. The molecule has 0 N–H and O–H groups in total. The van der Waals surface area contributed by atoms with Crippen molar-refractivity contribution in [2.75, 3.05) is 0 Å². The minimum Gasteiger partial charge on any atom is -0.457 e. The van der Waals surface area contributed by atoms with Gasteiger partial charge in [-0.3, -0.25) is 0 Å². The molecule has 1 heterocycles. The van der Waals surface area contributed by atoms with Crippen molar-refractivity contribution in [1.29, 1.82) is 0 Å². The van der Waals surface area contributed by atoms with Crippen LogP contribution in [-0.4, -0.2) is 0 Å². The summed E-state index contributed by atoms with van der Waals surface area (Å²) in [6.45, 7) is 4.18. The second-order valence-corrected chi connectivity index (χ2v) is 5.33. The van der Waals surface area contributed by atoms with Gasteiger partial charge in [-0.05, 0) is 30.7 Å². The summed E-state index contributed by atoms with van der Waals surface area (Å²) in [5.41, 5.74) is 3.33. The number of halogens is 1. The van der Waals surface area contributed by atoms with Gasteiger partial charge in [-0.2, -0.15) is 0 Å². The van der Waals surface area contributed by atoms with Gasteiger partial charge in [-0.1, -0.05) is 48.9 Å². The Bertz CT molecular complexity index is 658. The van der Waals surface area contributed by atoms with Crippen LogP contribution in [-0.2, 0) is 0 Å². The molecule has 2 heteroatoms. The molecular weight excluding hydrogens is 256 g/mol.